The summed E-state index contributed by atoms with van der Waals surface area (Å²) >= 11 is 5.73. The van der Waals surface area contributed by atoms with Crippen molar-refractivity contribution in [3.05, 3.63) is 34.6 Å². The number of benzene rings is 1. The van der Waals surface area contributed by atoms with Crippen molar-refractivity contribution in [1.29, 1.82) is 0 Å². The molecule has 0 bridgehead atoms. The van der Waals surface area contributed by atoms with Crippen molar-refractivity contribution in [1.82, 2.24) is 0 Å². The molecule has 0 aromatic heterocycles. The van der Waals surface area contributed by atoms with Gasteiger partial charge in [0, 0.05) is 7.11 Å². The molecular weight excluding hydrogens is 322 g/mol. The van der Waals surface area contributed by atoms with Crippen molar-refractivity contribution >= 4 is 20.0 Å². The molecule has 1 heterocycles. The molecule has 1 aromatic rings. The van der Waals surface area contributed by atoms with Crippen molar-refractivity contribution in [2.24, 2.45) is 0 Å². The smallest absolute Gasteiger partial charge is 0.275 e. The number of methoxy groups -OCH3 is 1. The van der Waals surface area contributed by atoms with Gasteiger partial charge in [-0.15, -0.1) is 0 Å². The van der Waals surface area contributed by atoms with E-state index in [1.165, 1.54) is 6.07 Å². The van der Waals surface area contributed by atoms with Crippen LogP contribution in [0.4, 0.5) is 8.50 Å². The van der Waals surface area contributed by atoms with Crippen LogP contribution in [0.15, 0.2) is 18.2 Å². The van der Waals surface area contributed by atoms with Gasteiger partial charge in [0.2, 0.25) is 0 Å². The Kier molecular flexibility index (Phi) is 6.42. The summed E-state index contributed by atoms with van der Waals surface area (Å²) in [6, 6.07) is 6.20. The summed E-state index contributed by atoms with van der Waals surface area (Å²) in [5.74, 6) is -0.141. The van der Waals surface area contributed by atoms with Crippen LogP contribution in [0.2, 0.25) is 17.1 Å². The molecule has 22 heavy (non-hydrogen) atoms. The Morgan fingerprint density at radius 3 is 2.59 bits per heavy atom. The highest BCUT2D eigenvalue weighted by molar-refractivity contribution is 6.74. The molecule has 1 aliphatic rings. The largest absolute Gasteiger partial charge is 0.382 e. The maximum atomic E-state index is 15.3. The lowest BCUT2D eigenvalue weighted by atomic mass is 9.93. The van der Waals surface area contributed by atoms with Crippen LogP contribution in [0.5, 0.6) is 0 Å². The number of rotatable bonds is 6. The van der Waals surface area contributed by atoms with Crippen LogP contribution in [0.25, 0.3) is 0 Å². The van der Waals surface area contributed by atoms with Gasteiger partial charge in [0.1, 0.15) is 5.82 Å². The lowest BCUT2D eigenvalue weighted by molar-refractivity contribution is 0.136. The number of hydrogen-bond donors (Lipinski definition) is 0. The molecule has 0 spiro atoms. The first-order chi connectivity index (χ1) is 10.5. The van der Waals surface area contributed by atoms with E-state index in [1.54, 1.807) is 13.2 Å². The minimum Gasteiger partial charge on any atom is -0.382 e. The van der Waals surface area contributed by atoms with E-state index in [9.17, 15) is 4.39 Å². The zero-order valence-corrected chi connectivity index (χ0v) is 15.1. The molecule has 0 radical (unpaired) electrons. The summed E-state index contributed by atoms with van der Waals surface area (Å²) in [5.41, 5.74) is 0.760. The first kappa shape index (κ1) is 17.9. The highest BCUT2D eigenvalue weighted by Crippen LogP contribution is 2.42. The van der Waals surface area contributed by atoms with Crippen molar-refractivity contribution < 1.29 is 13.2 Å². The highest BCUT2D eigenvalue weighted by atomic mass is 35.5. The summed E-state index contributed by atoms with van der Waals surface area (Å²) in [7, 11) is -1.21. The molecule has 5 heteroatoms. The summed E-state index contributed by atoms with van der Waals surface area (Å²) in [6.45, 7) is 2.12. The second kappa shape index (κ2) is 7.89. The maximum absolute atomic E-state index is 15.3. The standard InChI is InChI=1S/C17H25ClF2OSi/c1-3-4-5-17(21-2)22(20)10-8-13(9-11-22)14-6-7-15(18)16(19)12-14/h6-7,12-13,17H,3-5,8-11H2,1-2H3. The third kappa shape index (κ3) is 4.09. The van der Waals surface area contributed by atoms with Gasteiger partial charge in [-0.1, -0.05) is 37.4 Å². The molecule has 0 aliphatic carbocycles. The second-order valence-corrected chi connectivity index (χ2v) is 10.5. The number of ether oxygens (including phenoxy) is 1. The van der Waals surface area contributed by atoms with E-state index < -0.39 is 8.41 Å². The lowest BCUT2D eigenvalue weighted by Crippen LogP contribution is -2.47. The Labute approximate surface area is 138 Å². The Balaban J connectivity index is 2.00. The monoisotopic (exact) mass is 346 g/mol. The van der Waals surface area contributed by atoms with Gasteiger partial charge in [-0.3, -0.25) is 0 Å². The predicted molar refractivity (Wildman–Crippen MR) is 90.2 cm³/mol. The molecule has 1 aliphatic heterocycles. The Morgan fingerprint density at radius 1 is 1.36 bits per heavy atom. The SMILES string of the molecule is CCCCC(OC)[Si]1(F)CCC(c2ccc(Cl)c(F)c2)CC1. The summed E-state index contributed by atoms with van der Waals surface area (Å²) in [4.78, 5) is 0. The fourth-order valence-corrected chi connectivity index (χ4v) is 7.31. The minimum absolute atomic E-state index is 0.146. The van der Waals surface area contributed by atoms with Gasteiger partial charge < -0.3 is 8.84 Å². The average Bonchev–Trinajstić information content (AvgIpc) is 2.51. The van der Waals surface area contributed by atoms with Crippen LogP contribution < -0.4 is 0 Å². The third-order valence-electron chi connectivity index (χ3n) is 4.91. The Bertz CT molecular complexity index is 490. The van der Waals surface area contributed by atoms with Crippen LogP contribution in [-0.4, -0.2) is 21.2 Å². The van der Waals surface area contributed by atoms with Gasteiger partial charge in [-0.25, -0.2) is 4.39 Å². The van der Waals surface area contributed by atoms with Gasteiger partial charge >= 0.3 is 0 Å². The van der Waals surface area contributed by atoms with E-state index in [1.807, 2.05) is 6.07 Å². The van der Waals surface area contributed by atoms with E-state index in [0.29, 0.717) is 12.1 Å². The van der Waals surface area contributed by atoms with Crippen LogP contribution in [-0.2, 0) is 4.74 Å². The molecule has 1 saturated heterocycles. The van der Waals surface area contributed by atoms with Crippen molar-refractivity contribution in [3.8, 4) is 0 Å². The van der Waals surface area contributed by atoms with Crippen LogP contribution >= 0.6 is 11.6 Å². The normalized spacial score (nSPS) is 26.9. The molecule has 1 aromatic carbocycles. The van der Waals surface area contributed by atoms with E-state index in [2.05, 4.69) is 6.92 Å². The number of halogens is 3. The van der Waals surface area contributed by atoms with Gasteiger partial charge in [-0.05, 0) is 55.0 Å². The molecular formula is C17H25ClF2OSi. The van der Waals surface area contributed by atoms with Crippen LogP contribution in [0.3, 0.4) is 0 Å². The molecule has 1 atom stereocenters. The molecule has 2 rings (SSSR count). The van der Waals surface area contributed by atoms with Crippen LogP contribution in [0.1, 0.15) is 50.5 Å². The first-order valence-electron chi connectivity index (χ1n) is 8.17. The Morgan fingerprint density at radius 2 is 2.05 bits per heavy atom. The number of hydrogen-bond acceptors (Lipinski definition) is 1. The van der Waals surface area contributed by atoms with Gasteiger partial charge in [0.05, 0.1) is 10.7 Å². The topological polar surface area (TPSA) is 9.23 Å². The Hall–Kier alpha value is -0.453. The number of unbranched alkanes of at least 4 members (excludes halogenated alkanes) is 1. The highest BCUT2D eigenvalue weighted by Gasteiger charge is 2.46. The van der Waals surface area contributed by atoms with E-state index >= 15 is 4.11 Å². The first-order valence-corrected chi connectivity index (χ1v) is 10.9. The predicted octanol–water partition coefficient (Wildman–Crippen LogP) is 6.02. The van der Waals surface area contributed by atoms with E-state index in [0.717, 1.165) is 37.7 Å². The second-order valence-electron chi connectivity index (χ2n) is 6.35. The zero-order chi connectivity index (χ0) is 16.2. The maximum Gasteiger partial charge on any atom is 0.275 e. The van der Waals surface area contributed by atoms with Crippen molar-refractivity contribution in [2.45, 2.75) is 62.8 Å². The summed E-state index contributed by atoms with van der Waals surface area (Å²) in [5, 5.41) is 0.146. The molecule has 0 N–H and O–H groups in total. The molecule has 0 saturated carbocycles. The van der Waals surface area contributed by atoms with E-state index in [-0.39, 0.29) is 22.5 Å². The van der Waals surface area contributed by atoms with Crippen LogP contribution in [0, 0.1) is 5.82 Å². The lowest BCUT2D eigenvalue weighted by Gasteiger charge is -2.36. The fourth-order valence-electron chi connectivity index (χ4n) is 3.50. The minimum atomic E-state index is -2.84. The molecule has 1 nitrogen and oxygen atoms in total. The average molecular weight is 347 g/mol. The van der Waals surface area contributed by atoms with Crippen molar-refractivity contribution in [2.75, 3.05) is 7.11 Å². The van der Waals surface area contributed by atoms with Gasteiger partial charge in [0.25, 0.3) is 8.41 Å². The van der Waals surface area contributed by atoms with Crippen molar-refractivity contribution in [3.63, 3.8) is 0 Å². The third-order valence-corrected chi connectivity index (χ3v) is 9.14. The van der Waals surface area contributed by atoms with E-state index in [4.69, 9.17) is 16.3 Å². The zero-order valence-electron chi connectivity index (χ0n) is 13.4. The molecule has 124 valence electrons. The fraction of sp³-hybridized carbons (Fsp3) is 0.647. The summed E-state index contributed by atoms with van der Waals surface area (Å²) < 4.78 is 34.4. The van der Waals surface area contributed by atoms with Gasteiger partial charge in [-0.2, -0.15) is 0 Å². The molecule has 1 unspecified atom stereocenters. The molecule has 1 fully saturated rings. The summed E-state index contributed by atoms with van der Waals surface area (Å²) in [6.07, 6.45) is 4.49. The quantitative estimate of drug-likeness (QED) is 0.452. The van der Waals surface area contributed by atoms with Gasteiger partial charge in [0.15, 0.2) is 0 Å². The molecule has 0 amide bonds.